The van der Waals surface area contributed by atoms with Gasteiger partial charge in [0.2, 0.25) is 15.8 Å². The first-order valence-corrected chi connectivity index (χ1v) is 7.37. The molecule has 7 nitrogen and oxygen atoms in total. The number of sulfonamides is 1. The van der Waals surface area contributed by atoms with Gasteiger partial charge in [0.15, 0.2) is 0 Å². The lowest BCUT2D eigenvalue weighted by molar-refractivity contribution is -0.144. The van der Waals surface area contributed by atoms with E-state index in [4.69, 9.17) is 5.73 Å². The molecule has 1 rings (SSSR count). The quantitative estimate of drug-likeness (QED) is 0.657. The van der Waals surface area contributed by atoms with E-state index in [0.717, 1.165) is 6.26 Å². The predicted octanol–water partition coefficient (Wildman–Crippen LogP) is 0.429. The van der Waals surface area contributed by atoms with Gasteiger partial charge in [-0.1, -0.05) is 0 Å². The van der Waals surface area contributed by atoms with Crippen LogP contribution < -0.4 is 15.8 Å². The minimum atomic E-state index is -4.68. The van der Waals surface area contributed by atoms with Gasteiger partial charge in [0.05, 0.1) is 6.26 Å². The van der Waals surface area contributed by atoms with Crippen molar-refractivity contribution in [2.75, 3.05) is 30.4 Å². The molecule has 0 spiro atoms. The second-order valence-electron chi connectivity index (χ2n) is 3.95. The highest BCUT2D eigenvalue weighted by molar-refractivity contribution is 7.88. The molecular formula is C9H14F3N5O2S. The van der Waals surface area contributed by atoms with Gasteiger partial charge >= 0.3 is 6.18 Å². The summed E-state index contributed by atoms with van der Waals surface area (Å²) in [6.45, 7) is 0.398. The molecule has 1 heterocycles. The first-order chi connectivity index (χ1) is 9.08. The molecule has 0 saturated carbocycles. The molecular weight excluding hydrogens is 299 g/mol. The smallest absolute Gasteiger partial charge is 0.384 e. The van der Waals surface area contributed by atoms with Crippen LogP contribution in [0.5, 0.6) is 0 Å². The van der Waals surface area contributed by atoms with Crippen LogP contribution in [0.3, 0.4) is 0 Å². The fourth-order valence-corrected chi connectivity index (χ4v) is 1.76. The largest absolute Gasteiger partial charge is 0.451 e. The molecule has 0 aliphatic heterocycles. The zero-order chi connectivity index (χ0) is 15.4. The first-order valence-electron chi connectivity index (χ1n) is 5.48. The summed E-state index contributed by atoms with van der Waals surface area (Å²) in [5.74, 6) is -1.69. The summed E-state index contributed by atoms with van der Waals surface area (Å²) in [7, 11) is -3.27. The van der Waals surface area contributed by atoms with Crippen molar-refractivity contribution in [3.8, 4) is 0 Å². The Kier molecular flexibility index (Phi) is 5.11. The number of nitrogens with two attached hydrogens (primary N) is 1. The molecule has 0 aliphatic rings. The van der Waals surface area contributed by atoms with Gasteiger partial charge in [0, 0.05) is 19.2 Å². The lowest BCUT2D eigenvalue weighted by Crippen LogP contribution is -2.24. The summed E-state index contributed by atoms with van der Waals surface area (Å²) < 4.78 is 61.1. The molecule has 0 unspecified atom stereocenters. The fraction of sp³-hybridized carbons (Fsp3) is 0.556. The van der Waals surface area contributed by atoms with Crippen molar-refractivity contribution >= 4 is 21.7 Å². The van der Waals surface area contributed by atoms with Crippen molar-refractivity contribution in [2.45, 2.75) is 12.6 Å². The lowest BCUT2D eigenvalue weighted by Gasteiger charge is -2.10. The molecule has 114 valence electrons. The van der Waals surface area contributed by atoms with Crippen LogP contribution in [0.4, 0.5) is 24.8 Å². The van der Waals surface area contributed by atoms with Crippen molar-refractivity contribution in [1.82, 2.24) is 14.7 Å². The van der Waals surface area contributed by atoms with Crippen LogP contribution in [0.1, 0.15) is 12.2 Å². The maximum absolute atomic E-state index is 12.4. The Balaban J connectivity index is 2.54. The molecule has 1 aromatic rings. The molecule has 0 atom stereocenters. The Morgan fingerprint density at radius 2 is 1.95 bits per heavy atom. The average Bonchev–Trinajstić information content (AvgIpc) is 2.25. The first kappa shape index (κ1) is 16.4. The summed E-state index contributed by atoms with van der Waals surface area (Å²) in [5.41, 5.74) is 5.26. The van der Waals surface area contributed by atoms with E-state index in [2.05, 4.69) is 20.0 Å². The van der Waals surface area contributed by atoms with Crippen LogP contribution in [-0.2, 0) is 16.2 Å². The third-order valence-corrected chi connectivity index (χ3v) is 2.75. The van der Waals surface area contributed by atoms with E-state index < -0.39 is 22.0 Å². The fourth-order valence-electron chi connectivity index (χ4n) is 1.25. The summed E-state index contributed by atoms with van der Waals surface area (Å²) in [6, 6.07) is 1.17. The van der Waals surface area contributed by atoms with E-state index in [1.807, 2.05) is 0 Å². The Bertz CT molecular complexity index is 561. The number of hydrogen-bond donors (Lipinski definition) is 3. The minimum absolute atomic E-state index is 0.0656. The van der Waals surface area contributed by atoms with Gasteiger partial charge in [0.1, 0.15) is 11.6 Å². The molecule has 1 aromatic heterocycles. The van der Waals surface area contributed by atoms with Gasteiger partial charge in [-0.05, 0) is 6.42 Å². The Morgan fingerprint density at radius 1 is 1.30 bits per heavy atom. The van der Waals surface area contributed by atoms with E-state index >= 15 is 0 Å². The minimum Gasteiger partial charge on any atom is -0.384 e. The molecule has 4 N–H and O–H groups in total. The molecule has 0 aromatic carbocycles. The number of nitrogens with one attached hydrogen (secondary N) is 2. The Labute approximate surface area is 113 Å². The number of rotatable bonds is 6. The number of hydrogen-bond acceptors (Lipinski definition) is 6. The number of halogens is 3. The zero-order valence-electron chi connectivity index (χ0n) is 10.5. The molecule has 0 aliphatic carbocycles. The second-order valence-corrected chi connectivity index (χ2v) is 5.78. The van der Waals surface area contributed by atoms with Crippen molar-refractivity contribution in [3.05, 3.63) is 11.9 Å². The number of anilines is 2. The SMILES string of the molecule is CS(=O)(=O)NCCCNc1cc(N)nc(C(F)(F)F)n1. The standard InChI is InChI=1S/C9H14F3N5O2S/c1-20(18,19)15-4-2-3-14-7-5-6(13)16-8(17-7)9(10,11)12/h5,15H,2-4H2,1H3,(H3,13,14,16,17). The summed E-state index contributed by atoms with van der Waals surface area (Å²) in [5, 5.41) is 2.62. The maximum Gasteiger partial charge on any atom is 0.451 e. The van der Waals surface area contributed by atoms with Crippen molar-refractivity contribution < 1.29 is 21.6 Å². The topological polar surface area (TPSA) is 110 Å². The van der Waals surface area contributed by atoms with Crippen molar-refractivity contribution in [1.29, 1.82) is 0 Å². The number of nitrogens with zero attached hydrogens (tertiary/aromatic N) is 2. The predicted molar refractivity (Wildman–Crippen MR) is 67.4 cm³/mol. The molecule has 20 heavy (non-hydrogen) atoms. The third kappa shape index (κ3) is 6.02. The van der Waals surface area contributed by atoms with E-state index in [1.165, 1.54) is 6.07 Å². The molecule has 0 amide bonds. The monoisotopic (exact) mass is 313 g/mol. The highest BCUT2D eigenvalue weighted by atomic mass is 32.2. The van der Waals surface area contributed by atoms with Gasteiger partial charge in [-0.2, -0.15) is 13.2 Å². The summed E-state index contributed by atoms with van der Waals surface area (Å²) in [4.78, 5) is 6.38. The van der Waals surface area contributed by atoms with Crippen molar-refractivity contribution in [2.24, 2.45) is 0 Å². The molecule has 11 heteroatoms. The molecule has 0 fully saturated rings. The van der Waals surface area contributed by atoms with Crippen LogP contribution >= 0.6 is 0 Å². The van der Waals surface area contributed by atoms with Crippen LogP contribution in [0.2, 0.25) is 0 Å². The van der Waals surface area contributed by atoms with Gasteiger partial charge in [-0.3, -0.25) is 0 Å². The zero-order valence-corrected chi connectivity index (χ0v) is 11.3. The van der Waals surface area contributed by atoms with Gasteiger partial charge in [0.25, 0.3) is 0 Å². The van der Waals surface area contributed by atoms with Crippen LogP contribution in [0, 0.1) is 0 Å². The lowest BCUT2D eigenvalue weighted by atomic mass is 10.4. The highest BCUT2D eigenvalue weighted by Gasteiger charge is 2.35. The second kappa shape index (κ2) is 6.22. The van der Waals surface area contributed by atoms with E-state index in [0.29, 0.717) is 6.42 Å². The van der Waals surface area contributed by atoms with Gasteiger partial charge in [-0.15, -0.1) is 0 Å². The van der Waals surface area contributed by atoms with Gasteiger partial charge < -0.3 is 11.1 Å². The van der Waals surface area contributed by atoms with E-state index in [9.17, 15) is 21.6 Å². The molecule has 0 radical (unpaired) electrons. The van der Waals surface area contributed by atoms with Crippen LogP contribution in [0.25, 0.3) is 0 Å². The molecule has 0 saturated heterocycles. The van der Waals surface area contributed by atoms with Crippen molar-refractivity contribution in [3.63, 3.8) is 0 Å². The summed E-state index contributed by atoms with van der Waals surface area (Å²) in [6.07, 6.45) is -3.29. The third-order valence-electron chi connectivity index (χ3n) is 2.02. The van der Waals surface area contributed by atoms with E-state index in [-0.39, 0.29) is 24.7 Å². The number of nitrogen functional groups attached to an aromatic ring is 1. The average molecular weight is 313 g/mol. The van der Waals surface area contributed by atoms with E-state index in [1.54, 1.807) is 0 Å². The highest BCUT2D eigenvalue weighted by Crippen LogP contribution is 2.27. The Hall–Kier alpha value is -1.62. The number of aromatic nitrogens is 2. The number of alkyl halides is 3. The Morgan fingerprint density at radius 3 is 2.50 bits per heavy atom. The van der Waals surface area contributed by atoms with Gasteiger partial charge in [-0.25, -0.2) is 23.1 Å². The normalized spacial score (nSPS) is 12.4. The van der Waals surface area contributed by atoms with Crippen LogP contribution in [-0.4, -0.2) is 37.7 Å². The van der Waals surface area contributed by atoms with Crippen LogP contribution in [0.15, 0.2) is 6.07 Å². The summed E-state index contributed by atoms with van der Waals surface area (Å²) >= 11 is 0. The maximum atomic E-state index is 12.4. The molecule has 0 bridgehead atoms.